The molecule has 0 amide bonds. The van der Waals surface area contributed by atoms with Crippen molar-refractivity contribution in [2.45, 2.75) is 19.8 Å². The molecule has 1 heterocycles. The summed E-state index contributed by atoms with van der Waals surface area (Å²) in [6, 6.07) is 19.0. The van der Waals surface area contributed by atoms with Crippen molar-refractivity contribution in [2.24, 2.45) is 0 Å². The lowest BCUT2D eigenvalue weighted by molar-refractivity contribution is -0.136. The zero-order valence-electron chi connectivity index (χ0n) is 15.3. The summed E-state index contributed by atoms with van der Waals surface area (Å²) >= 11 is 0. The lowest BCUT2D eigenvalue weighted by Crippen LogP contribution is -2.06. The first-order valence-corrected chi connectivity index (χ1v) is 8.68. The molecule has 0 bridgehead atoms. The normalized spacial score (nSPS) is 10.6. The van der Waals surface area contributed by atoms with Crippen LogP contribution in [0.5, 0.6) is 5.75 Å². The number of aromatic nitrogens is 1. The van der Waals surface area contributed by atoms with Crippen molar-refractivity contribution in [1.29, 1.82) is 0 Å². The van der Waals surface area contributed by atoms with E-state index in [1.165, 1.54) is 6.92 Å². The van der Waals surface area contributed by atoms with Crippen LogP contribution >= 0.6 is 0 Å². The standard InChI is InChI=1S/C22H21NO4/c1-15(24)17-4-3-5-19(14-17)23-18(9-13-22(25)26)8-12-21(23)16-6-10-20(27-2)11-7-16/h3-8,10-12,14H,9,13H2,1-2H3,(H,25,26). The average molecular weight is 363 g/mol. The van der Waals surface area contributed by atoms with E-state index in [1.54, 1.807) is 13.2 Å². The molecule has 1 aromatic heterocycles. The number of methoxy groups -OCH3 is 1. The molecule has 0 unspecified atom stereocenters. The Morgan fingerprint density at radius 3 is 2.41 bits per heavy atom. The first-order valence-electron chi connectivity index (χ1n) is 8.68. The average Bonchev–Trinajstić information content (AvgIpc) is 3.10. The Kier molecular flexibility index (Phi) is 5.41. The highest BCUT2D eigenvalue weighted by Crippen LogP contribution is 2.29. The quantitative estimate of drug-likeness (QED) is 0.633. The van der Waals surface area contributed by atoms with E-state index in [0.29, 0.717) is 12.0 Å². The topological polar surface area (TPSA) is 68.5 Å². The Hall–Kier alpha value is -3.34. The van der Waals surface area contributed by atoms with E-state index in [1.807, 2.05) is 59.2 Å². The highest BCUT2D eigenvalue weighted by atomic mass is 16.5. The number of nitrogens with zero attached hydrogens (tertiary/aromatic N) is 1. The molecule has 3 aromatic rings. The van der Waals surface area contributed by atoms with E-state index < -0.39 is 5.97 Å². The minimum Gasteiger partial charge on any atom is -0.497 e. The van der Waals surface area contributed by atoms with Crippen LogP contribution in [0.15, 0.2) is 60.7 Å². The van der Waals surface area contributed by atoms with Crippen LogP contribution in [0.2, 0.25) is 0 Å². The lowest BCUT2D eigenvalue weighted by Gasteiger charge is -2.15. The van der Waals surface area contributed by atoms with Crippen LogP contribution in [0.3, 0.4) is 0 Å². The molecule has 1 N–H and O–H groups in total. The molecule has 0 aliphatic rings. The number of hydrogen-bond acceptors (Lipinski definition) is 3. The van der Waals surface area contributed by atoms with Crippen molar-refractivity contribution in [3.05, 3.63) is 71.9 Å². The Morgan fingerprint density at radius 1 is 1.04 bits per heavy atom. The molecule has 0 radical (unpaired) electrons. The van der Waals surface area contributed by atoms with Crippen LogP contribution in [0.25, 0.3) is 16.9 Å². The minimum atomic E-state index is -0.841. The zero-order chi connectivity index (χ0) is 19.4. The van der Waals surface area contributed by atoms with E-state index >= 15 is 0 Å². The first-order chi connectivity index (χ1) is 13.0. The van der Waals surface area contributed by atoms with E-state index in [4.69, 9.17) is 9.84 Å². The van der Waals surface area contributed by atoms with Gasteiger partial charge in [-0.2, -0.15) is 0 Å². The Balaban J connectivity index is 2.12. The van der Waals surface area contributed by atoms with Crippen LogP contribution in [0.4, 0.5) is 0 Å². The first kappa shape index (κ1) is 18.5. The van der Waals surface area contributed by atoms with Crippen LogP contribution in [-0.2, 0) is 11.2 Å². The number of Topliss-reactive ketones (excluding diaryl/α,β-unsaturated/α-hetero) is 1. The molecule has 0 aliphatic carbocycles. The molecule has 0 fully saturated rings. The van der Waals surface area contributed by atoms with Gasteiger partial charge < -0.3 is 14.4 Å². The number of carbonyl (C=O) groups is 2. The van der Waals surface area contributed by atoms with E-state index in [2.05, 4.69) is 0 Å². The number of aryl methyl sites for hydroxylation is 1. The summed E-state index contributed by atoms with van der Waals surface area (Å²) in [5.41, 5.74) is 4.23. The smallest absolute Gasteiger partial charge is 0.303 e. The van der Waals surface area contributed by atoms with Crippen molar-refractivity contribution in [2.75, 3.05) is 7.11 Å². The predicted molar refractivity (Wildman–Crippen MR) is 104 cm³/mol. The largest absolute Gasteiger partial charge is 0.497 e. The van der Waals surface area contributed by atoms with E-state index in [0.717, 1.165) is 28.4 Å². The maximum absolute atomic E-state index is 11.8. The Labute approximate surface area is 157 Å². The number of benzene rings is 2. The van der Waals surface area contributed by atoms with Crippen molar-refractivity contribution >= 4 is 11.8 Å². The second-order valence-corrected chi connectivity index (χ2v) is 6.27. The maximum Gasteiger partial charge on any atom is 0.303 e. The number of aliphatic carboxylic acids is 1. The number of carboxylic acids is 1. The summed E-state index contributed by atoms with van der Waals surface area (Å²) in [6.45, 7) is 1.53. The van der Waals surface area contributed by atoms with Crippen LogP contribution < -0.4 is 4.74 Å². The fourth-order valence-corrected chi connectivity index (χ4v) is 3.07. The van der Waals surface area contributed by atoms with Gasteiger partial charge in [0.1, 0.15) is 5.75 Å². The summed E-state index contributed by atoms with van der Waals surface area (Å²) in [4.78, 5) is 22.8. The molecule has 0 atom stereocenters. The second-order valence-electron chi connectivity index (χ2n) is 6.27. The monoisotopic (exact) mass is 363 g/mol. The van der Waals surface area contributed by atoms with Gasteiger partial charge in [-0.15, -0.1) is 0 Å². The fraction of sp³-hybridized carbons (Fsp3) is 0.182. The number of carboxylic acid groups (broad SMARTS) is 1. The second kappa shape index (κ2) is 7.91. The molecule has 5 heteroatoms. The molecule has 0 saturated carbocycles. The van der Waals surface area contributed by atoms with Gasteiger partial charge in [0.15, 0.2) is 5.78 Å². The summed E-state index contributed by atoms with van der Waals surface area (Å²) in [6.07, 6.45) is 0.439. The highest BCUT2D eigenvalue weighted by molar-refractivity contribution is 5.94. The molecule has 27 heavy (non-hydrogen) atoms. The fourth-order valence-electron chi connectivity index (χ4n) is 3.07. The van der Waals surface area contributed by atoms with Crippen LogP contribution in [0.1, 0.15) is 29.4 Å². The van der Waals surface area contributed by atoms with Gasteiger partial charge in [-0.1, -0.05) is 12.1 Å². The van der Waals surface area contributed by atoms with Crippen molar-refractivity contribution in [3.8, 4) is 22.7 Å². The molecular weight excluding hydrogens is 342 g/mol. The maximum atomic E-state index is 11.8. The molecule has 0 aliphatic heterocycles. The number of carbonyl (C=O) groups excluding carboxylic acids is 1. The predicted octanol–water partition coefficient (Wildman–Crippen LogP) is 4.37. The van der Waals surface area contributed by atoms with Crippen LogP contribution in [-0.4, -0.2) is 28.5 Å². The SMILES string of the molecule is COc1ccc(-c2ccc(CCC(=O)O)n2-c2cccc(C(C)=O)c2)cc1. The third-order valence-electron chi connectivity index (χ3n) is 4.45. The van der Waals surface area contributed by atoms with Gasteiger partial charge in [-0.05, 0) is 67.4 Å². The molecule has 2 aromatic carbocycles. The van der Waals surface area contributed by atoms with Gasteiger partial charge in [0, 0.05) is 16.9 Å². The highest BCUT2D eigenvalue weighted by Gasteiger charge is 2.14. The molecule has 5 nitrogen and oxygen atoms in total. The summed E-state index contributed by atoms with van der Waals surface area (Å²) < 4.78 is 7.23. The molecule has 0 saturated heterocycles. The Bertz CT molecular complexity index is 970. The molecule has 0 spiro atoms. The minimum absolute atomic E-state index is 0.0120. The number of ether oxygens (including phenoxy) is 1. The molecule has 3 rings (SSSR count). The van der Waals surface area contributed by atoms with E-state index in [9.17, 15) is 9.59 Å². The third-order valence-corrected chi connectivity index (χ3v) is 4.45. The van der Waals surface area contributed by atoms with Gasteiger partial charge in [-0.3, -0.25) is 9.59 Å². The zero-order valence-corrected chi connectivity index (χ0v) is 15.3. The van der Waals surface area contributed by atoms with Gasteiger partial charge >= 0.3 is 5.97 Å². The Morgan fingerprint density at radius 2 is 1.78 bits per heavy atom. The van der Waals surface area contributed by atoms with Crippen LogP contribution in [0, 0.1) is 0 Å². The van der Waals surface area contributed by atoms with Crippen molar-refractivity contribution < 1.29 is 19.4 Å². The van der Waals surface area contributed by atoms with Crippen molar-refractivity contribution in [3.63, 3.8) is 0 Å². The number of hydrogen-bond donors (Lipinski definition) is 1. The van der Waals surface area contributed by atoms with Crippen molar-refractivity contribution in [1.82, 2.24) is 4.57 Å². The van der Waals surface area contributed by atoms with Gasteiger partial charge in [-0.25, -0.2) is 0 Å². The third kappa shape index (κ3) is 4.08. The van der Waals surface area contributed by atoms with E-state index in [-0.39, 0.29) is 12.2 Å². The number of ketones is 1. The van der Waals surface area contributed by atoms with Gasteiger partial charge in [0.2, 0.25) is 0 Å². The summed E-state index contributed by atoms with van der Waals surface area (Å²) in [7, 11) is 1.62. The van der Waals surface area contributed by atoms with Gasteiger partial charge in [0.25, 0.3) is 0 Å². The summed E-state index contributed by atoms with van der Waals surface area (Å²) in [5.74, 6) is -0.0881. The van der Waals surface area contributed by atoms with Gasteiger partial charge in [0.05, 0.1) is 19.2 Å². The summed E-state index contributed by atoms with van der Waals surface area (Å²) in [5, 5.41) is 9.07. The molecular formula is C22H21NO4. The lowest BCUT2D eigenvalue weighted by atomic mass is 10.1. The number of rotatable bonds is 7. The molecule has 138 valence electrons.